The third kappa shape index (κ3) is 6.89. The summed E-state index contributed by atoms with van der Waals surface area (Å²) >= 11 is 0. The number of aliphatic hydroxyl groups excluding tert-OH is 3. The number of phenols is 3. The van der Waals surface area contributed by atoms with Gasteiger partial charge < -0.3 is 40.7 Å². The van der Waals surface area contributed by atoms with E-state index in [1.807, 2.05) is 30.3 Å². The van der Waals surface area contributed by atoms with Crippen LogP contribution in [0.5, 0.6) is 23.0 Å². The minimum Gasteiger partial charge on any atom is -0.504 e. The summed E-state index contributed by atoms with van der Waals surface area (Å²) in [5.74, 6) is 5.88. The lowest BCUT2D eigenvalue weighted by Gasteiger charge is -2.74. The highest BCUT2D eigenvalue weighted by molar-refractivity contribution is 5.83. The van der Waals surface area contributed by atoms with Crippen LogP contribution >= 0.6 is 0 Å². The maximum absolute atomic E-state index is 15.7. The maximum Gasteiger partial charge on any atom is 0.160 e. The van der Waals surface area contributed by atoms with E-state index in [2.05, 4.69) is 42.3 Å². The molecule has 4 bridgehead atoms. The van der Waals surface area contributed by atoms with E-state index in [0.29, 0.717) is 42.9 Å². The lowest BCUT2D eigenvalue weighted by Crippen LogP contribution is -2.75. The molecule has 6 aliphatic carbocycles. The van der Waals surface area contributed by atoms with E-state index in [0.717, 1.165) is 87.3 Å². The molecule has 9 heteroatoms. The number of carbonyl (C=O) groups excluding carboxylic acids is 1. The minimum atomic E-state index is -1.06. The fourth-order valence-electron chi connectivity index (χ4n) is 16.1. The van der Waals surface area contributed by atoms with Crippen molar-refractivity contribution in [3.05, 3.63) is 94.1 Å². The lowest BCUT2D eigenvalue weighted by atomic mass is 9.31. The zero-order chi connectivity index (χ0) is 45.3. The largest absolute Gasteiger partial charge is 0.504 e. The Morgan fingerprint density at radius 2 is 1.74 bits per heavy atom. The fraction of sp³-hybridized carbons (Fsp3) is 0.589. The van der Waals surface area contributed by atoms with Crippen molar-refractivity contribution in [2.24, 2.45) is 46.3 Å². The number of carbonyl (C=O) groups is 1. The number of aromatic hydroxyl groups is 3. The van der Waals surface area contributed by atoms with Gasteiger partial charge in [-0.25, -0.2) is 0 Å². The molecule has 1 aliphatic heterocycles. The molecule has 3 spiro atoms. The molecule has 0 radical (unpaired) electrons. The average molecular weight is 884 g/mol. The number of ether oxygens (including phenoxy) is 1. The molecule has 7 N–H and O–H groups in total. The molecule has 10 rings (SSSR count). The molecule has 65 heavy (non-hydrogen) atoms. The zero-order valence-corrected chi connectivity index (χ0v) is 38.3. The highest BCUT2D eigenvalue weighted by Crippen LogP contribution is 2.79. The molecule has 3 saturated carbocycles. The van der Waals surface area contributed by atoms with Gasteiger partial charge in [-0.05, 0) is 145 Å². The quantitative estimate of drug-likeness (QED) is 0.0409. The second-order valence-corrected chi connectivity index (χ2v) is 21.3. The highest BCUT2D eigenvalue weighted by atomic mass is 16.5. The topological polar surface area (TPSA) is 160 Å². The second kappa shape index (κ2) is 17.4. The van der Waals surface area contributed by atoms with E-state index >= 15 is 4.79 Å². The van der Waals surface area contributed by atoms with Gasteiger partial charge in [-0.2, -0.15) is 0 Å². The van der Waals surface area contributed by atoms with Gasteiger partial charge in [0.05, 0.1) is 19.8 Å². The first kappa shape index (κ1) is 44.5. The molecular weight excluding hydrogens is 815 g/mol. The Hall–Kier alpha value is -4.33. The van der Waals surface area contributed by atoms with Crippen molar-refractivity contribution in [2.45, 2.75) is 139 Å². The fourth-order valence-corrected chi connectivity index (χ4v) is 16.1. The number of fused-ring (bicyclic) bond motifs is 4. The first-order valence-electron chi connectivity index (χ1n) is 24.9. The van der Waals surface area contributed by atoms with Gasteiger partial charge in [0.1, 0.15) is 5.78 Å². The summed E-state index contributed by atoms with van der Waals surface area (Å²) in [6.07, 6.45) is 14.2. The Bertz CT molecular complexity index is 2390. The van der Waals surface area contributed by atoms with Crippen molar-refractivity contribution in [3.63, 3.8) is 0 Å². The van der Waals surface area contributed by atoms with Crippen molar-refractivity contribution in [1.29, 1.82) is 0 Å². The molecule has 346 valence electrons. The first-order valence-corrected chi connectivity index (χ1v) is 24.9. The third-order valence-corrected chi connectivity index (χ3v) is 18.6. The van der Waals surface area contributed by atoms with Crippen LogP contribution in [0.15, 0.2) is 66.2 Å². The number of allylic oxidation sites excluding steroid dienone is 2. The van der Waals surface area contributed by atoms with Crippen LogP contribution in [-0.2, 0) is 23.2 Å². The summed E-state index contributed by atoms with van der Waals surface area (Å²) in [6, 6.07) is 17.2. The molecule has 9 nitrogen and oxygen atoms in total. The van der Waals surface area contributed by atoms with Crippen molar-refractivity contribution >= 4 is 5.78 Å². The molecule has 1 saturated heterocycles. The molecule has 0 aromatic heterocycles. The van der Waals surface area contributed by atoms with Crippen LogP contribution in [0.3, 0.4) is 0 Å². The lowest BCUT2D eigenvalue weighted by molar-refractivity contribution is -0.165. The van der Waals surface area contributed by atoms with E-state index in [-0.39, 0.29) is 89.0 Å². The first-order chi connectivity index (χ1) is 31.5. The molecule has 0 amide bonds. The van der Waals surface area contributed by atoms with E-state index in [1.54, 1.807) is 6.07 Å². The van der Waals surface area contributed by atoms with Gasteiger partial charge in [0.15, 0.2) is 23.0 Å². The van der Waals surface area contributed by atoms with Gasteiger partial charge >= 0.3 is 0 Å². The summed E-state index contributed by atoms with van der Waals surface area (Å²) in [6.45, 7) is 2.48. The summed E-state index contributed by atoms with van der Waals surface area (Å²) in [5.41, 5.74) is 5.02. The van der Waals surface area contributed by atoms with Crippen LogP contribution in [0, 0.1) is 58.2 Å². The van der Waals surface area contributed by atoms with Crippen LogP contribution in [0.2, 0.25) is 0 Å². The number of hydrogen-bond acceptors (Lipinski definition) is 9. The Morgan fingerprint density at radius 3 is 2.51 bits per heavy atom. The van der Waals surface area contributed by atoms with Crippen molar-refractivity contribution in [2.75, 3.05) is 20.3 Å². The Kier molecular flexibility index (Phi) is 11.9. The maximum atomic E-state index is 15.7. The van der Waals surface area contributed by atoms with Gasteiger partial charge in [0.25, 0.3) is 0 Å². The smallest absolute Gasteiger partial charge is 0.160 e. The Labute approximate surface area is 384 Å². The molecule has 1 heterocycles. The Balaban J connectivity index is 1.21. The van der Waals surface area contributed by atoms with Gasteiger partial charge in [0.2, 0.25) is 0 Å². The predicted molar refractivity (Wildman–Crippen MR) is 250 cm³/mol. The number of Topliss-reactive ketones (excluding diaryl/α,β-unsaturated/α-hetero) is 1. The number of piperidine rings is 1. The number of hydrogen-bond donors (Lipinski definition) is 7. The van der Waals surface area contributed by atoms with Gasteiger partial charge in [-0.1, -0.05) is 86.4 Å². The monoisotopic (exact) mass is 884 g/mol. The van der Waals surface area contributed by atoms with E-state index < -0.39 is 29.3 Å². The predicted octanol–water partition coefficient (Wildman–Crippen LogP) is 8.71. The average Bonchev–Trinajstić information content (AvgIpc) is 3.71. The number of phenolic OH excluding ortho intramolecular Hbond substituents is 3. The van der Waals surface area contributed by atoms with E-state index in [9.17, 15) is 30.6 Å². The van der Waals surface area contributed by atoms with Crippen LogP contribution in [-0.4, -0.2) is 68.8 Å². The molecule has 3 aromatic carbocycles. The van der Waals surface area contributed by atoms with Crippen molar-refractivity contribution in [1.82, 2.24) is 5.32 Å². The van der Waals surface area contributed by atoms with Gasteiger partial charge in [0, 0.05) is 60.6 Å². The normalized spacial score (nSPS) is 36.5. The SMILES string of the molecule is CCCCCC1C(=O)CC(c2cc(OC)c(O)cc2CO)C(Cc2ccccc2)C#CC2CNC3CCC45CC6(CCCC6C=C4CCCO)C4CC5C3(c3cc(O)c(O)cc34)C2C1O. The summed E-state index contributed by atoms with van der Waals surface area (Å²) < 4.78 is 5.63. The van der Waals surface area contributed by atoms with E-state index in [1.165, 1.54) is 18.7 Å². The zero-order valence-electron chi connectivity index (χ0n) is 38.3. The number of aliphatic hydroxyl groups is 3. The highest BCUT2D eigenvalue weighted by Gasteiger charge is 2.75. The minimum absolute atomic E-state index is 0.0212. The standard InChI is InChI=1S/C56H69NO8/c1-3-4-6-15-39-45(60)25-40(41-27-49(65-2)48(63)23-36(41)31-59)34(22-33-11-7-5-8-12-33)16-17-35-30-57-51-18-20-55-32-54(19-9-13-37(54)24-38(55)14-10-21-58)43-29-50(55)56(51,52(35)53(39)64)44-28-47(62)46(61)26-42(43)44/h5,7-8,11-12,23-24,26-28,34-35,37,39-40,43,50-53,57-59,61-64H,3-4,6,9-10,13-15,18-22,25,29-32H2,1-2H3. The molecule has 3 aromatic rings. The number of nitrogens with one attached hydrogen (secondary N) is 1. The molecule has 13 atom stereocenters. The third-order valence-electron chi connectivity index (χ3n) is 18.6. The van der Waals surface area contributed by atoms with Crippen LogP contribution < -0.4 is 10.1 Å². The number of unbranched alkanes of at least 4 members (excludes halogenated alkanes) is 2. The number of methoxy groups -OCH3 is 1. The van der Waals surface area contributed by atoms with Crippen molar-refractivity contribution < 1.29 is 40.2 Å². The number of ketones is 1. The number of rotatable bonds is 12. The summed E-state index contributed by atoms with van der Waals surface area (Å²) in [7, 11) is 1.50. The molecule has 13 unspecified atom stereocenters. The summed E-state index contributed by atoms with van der Waals surface area (Å²) in [5, 5.41) is 72.9. The van der Waals surface area contributed by atoms with Crippen LogP contribution in [0.25, 0.3) is 0 Å². The van der Waals surface area contributed by atoms with Crippen molar-refractivity contribution in [3.8, 4) is 34.8 Å². The molecule has 7 aliphatic rings. The van der Waals surface area contributed by atoms with Gasteiger partial charge in [-0.15, -0.1) is 0 Å². The van der Waals surface area contributed by atoms with Crippen LogP contribution in [0.1, 0.15) is 136 Å². The second-order valence-electron chi connectivity index (χ2n) is 21.3. The molecule has 4 fully saturated rings. The van der Waals surface area contributed by atoms with Gasteiger partial charge in [-0.3, -0.25) is 4.79 Å². The summed E-state index contributed by atoms with van der Waals surface area (Å²) in [4.78, 5) is 15.7. The number of benzene rings is 3. The van der Waals surface area contributed by atoms with E-state index in [4.69, 9.17) is 4.74 Å². The molecular formula is C56H69NO8. The Morgan fingerprint density at radius 1 is 0.923 bits per heavy atom. The van der Waals surface area contributed by atoms with Crippen LogP contribution in [0.4, 0.5) is 0 Å².